The van der Waals surface area contributed by atoms with Crippen molar-refractivity contribution in [2.24, 2.45) is 0 Å². The summed E-state index contributed by atoms with van der Waals surface area (Å²) >= 11 is 0. The number of nitrogens with zero attached hydrogens (tertiary/aromatic N) is 5. The second-order valence-electron chi connectivity index (χ2n) is 8.84. The third-order valence-electron chi connectivity index (χ3n) is 6.54. The number of pyridine rings is 1. The number of rotatable bonds is 5. The predicted molar refractivity (Wildman–Crippen MR) is 123 cm³/mol. The van der Waals surface area contributed by atoms with Crippen molar-refractivity contribution >= 4 is 17.3 Å². The van der Waals surface area contributed by atoms with Gasteiger partial charge in [-0.1, -0.05) is 0 Å². The van der Waals surface area contributed by atoms with E-state index in [2.05, 4.69) is 10.1 Å². The van der Waals surface area contributed by atoms with Crippen LogP contribution >= 0.6 is 0 Å². The zero-order chi connectivity index (χ0) is 28.5. The average Bonchev–Trinajstić information content (AvgIpc) is 3.58. The Balaban J connectivity index is 0.000000183. The molecule has 2 aliphatic heterocycles. The fourth-order valence-corrected chi connectivity index (χ4v) is 4.46. The number of nitrogens with two attached hydrogens (primary N) is 1. The van der Waals surface area contributed by atoms with E-state index in [9.17, 15) is 40.7 Å². The molecule has 16 nitrogen and oxygen atoms in total. The van der Waals surface area contributed by atoms with Crippen molar-refractivity contribution in [3.05, 3.63) is 54.2 Å². The largest absolute Gasteiger partial charge is 0.545 e. The number of carbonyl (C=O) groups excluding carboxylic acids is 1. The van der Waals surface area contributed by atoms with Crippen molar-refractivity contribution in [3.63, 3.8) is 0 Å². The van der Waals surface area contributed by atoms with Crippen LogP contribution in [0.3, 0.4) is 0 Å². The van der Waals surface area contributed by atoms with E-state index in [1.807, 2.05) is 6.07 Å². The van der Waals surface area contributed by atoms with Gasteiger partial charge in [0.1, 0.15) is 48.4 Å². The van der Waals surface area contributed by atoms with Gasteiger partial charge in [0.15, 0.2) is 24.3 Å². The molecule has 5 heterocycles. The second kappa shape index (κ2) is 11.1. The van der Waals surface area contributed by atoms with Gasteiger partial charge in [-0.3, -0.25) is 0 Å². The van der Waals surface area contributed by atoms with Gasteiger partial charge in [0, 0.05) is 6.07 Å². The van der Waals surface area contributed by atoms with E-state index in [-0.39, 0.29) is 17.1 Å². The Morgan fingerprint density at radius 2 is 1.87 bits per heavy atom. The smallest absolute Gasteiger partial charge is 0.292 e. The lowest BCUT2D eigenvalue weighted by atomic mass is 9.92. The summed E-state index contributed by atoms with van der Waals surface area (Å²) in [6.07, 6.45) is -4.37. The molecule has 0 bridgehead atoms. The molecule has 3 aromatic rings. The number of fused-ring (bicyclic) bond motifs is 1. The van der Waals surface area contributed by atoms with E-state index in [1.165, 1.54) is 46.0 Å². The number of carboxylic acids is 1. The van der Waals surface area contributed by atoms with Crippen LogP contribution in [-0.2, 0) is 15.1 Å². The molecule has 2 aliphatic rings. The number of anilines is 1. The number of carboxylic acid groups (broad SMARTS) is 1. The second-order valence-corrected chi connectivity index (χ2v) is 8.84. The molecular formula is C23H26N6O10. The third-order valence-corrected chi connectivity index (χ3v) is 6.54. The first-order valence-electron chi connectivity index (χ1n) is 11.6. The summed E-state index contributed by atoms with van der Waals surface area (Å²) < 4.78 is 13.3. The summed E-state index contributed by atoms with van der Waals surface area (Å²) in [7, 11) is 0. The molecule has 0 aromatic carbocycles. The van der Waals surface area contributed by atoms with Crippen LogP contribution in [0.15, 0.2) is 43.0 Å². The van der Waals surface area contributed by atoms with E-state index in [0.717, 1.165) is 0 Å². The molecule has 208 valence electrons. The van der Waals surface area contributed by atoms with Crippen molar-refractivity contribution in [2.75, 3.05) is 18.9 Å². The summed E-state index contributed by atoms with van der Waals surface area (Å²) in [5.41, 5.74) is 4.45. The van der Waals surface area contributed by atoms with Crippen LogP contribution in [0.5, 0.6) is 0 Å². The summed E-state index contributed by atoms with van der Waals surface area (Å²) in [4.78, 5) is 14.5. The maximum atomic E-state index is 10.7. The topological polar surface area (TPSA) is 264 Å². The van der Waals surface area contributed by atoms with Crippen LogP contribution in [0.2, 0.25) is 0 Å². The van der Waals surface area contributed by atoms with Crippen molar-refractivity contribution in [3.8, 4) is 6.07 Å². The number of aliphatic hydroxyl groups is 6. The highest BCUT2D eigenvalue weighted by Gasteiger charge is 2.57. The molecule has 0 aliphatic carbocycles. The van der Waals surface area contributed by atoms with Crippen molar-refractivity contribution in [1.82, 2.24) is 14.6 Å². The SMILES string of the molecule is N#C[C@@]1(c2ccc3c(N)ncnn23)O[C@H](CO)[C@@H](O)[C@H]1O.O=C([O-])c1ccc[n+]([C@@H]2O[C@H](CO)[C@@H](O)[C@H]2O)c1. The van der Waals surface area contributed by atoms with Gasteiger partial charge in [0.05, 0.1) is 30.4 Å². The Morgan fingerprint density at radius 1 is 1.15 bits per heavy atom. The van der Waals surface area contributed by atoms with E-state index >= 15 is 0 Å². The molecule has 3 aromatic heterocycles. The van der Waals surface area contributed by atoms with Gasteiger partial charge in [-0.15, -0.1) is 0 Å². The first-order valence-corrected chi connectivity index (χ1v) is 11.6. The minimum Gasteiger partial charge on any atom is -0.545 e. The van der Waals surface area contributed by atoms with Crippen LogP contribution in [0.1, 0.15) is 22.3 Å². The maximum absolute atomic E-state index is 10.7. The van der Waals surface area contributed by atoms with E-state index < -0.39 is 67.6 Å². The Labute approximate surface area is 219 Å². The molecule has 8 N–H and O–H groups in total. The average molecular weight is 546 g/mol. The Kier molecular flexibility index (Phi) is 8.06. The van der Waals surface area contributed by atoms with Gasteiger partial charge in [-0.2, -0.15) is 14.9 Å². The lowest BCUT2D eigenvalue weighted by molar-refractivity contribution is -0.765. The number of ether oxygens (including phenoxy) is 2. The molecule has 0 radical (unpaired) electrons. The number of nitriles is 1. The fourth-order valence-electron chi connectivity index (χ4n) is 4.46. The van der Waals surface area contributed by atoms with Crippen LogP contribution in [-0.4, -0.2) is 101 Å². The van der Waals surface area contributed by atoms with Crippen molar-refractivity contribution in [2.45, 2.75) is 48.5 Å². The molecule has 0 spiro atoms. The molecule has 16 heteroatoms. The van der Waals surface area contributed by atoms with Gasteiger partial charge in [-0.05, 0) is 18.2 Å². The molecule has 2 fully saturated rings. The minimum absolute atomic E-state index is 0.0739. The number of carbonyl (C=O) groups is 1. The highest BCUT2D eigenvalue weighted by molar-refractivity contribution is 5.84. The number of aliphatic hydroxyl groups excluding tert-OH is 6. The Morgan fingerprint density at radius 3 is 2.46 bits per heavy atom. The molecule has 5 rings (SSSR count). The van der Waals surface area contributed by atoms with Gasteiger partial charge in [0.25, 0.3) is 6.23 Å². The van der Waals surface area contributed by atoms with Gasteiger partial charge < -0.3 is 55.7 Å². The van der Waals surface area contributed by atoms with Crippen LogP contribution in [0.4, 0.5) is 5.82 Å². The number of nitrogen functional groups attached to an aromatic ring is 1. The summed E-state index contributed by atoms with van der Waals surface area (Å²) in [5.74, 6) is -1.15. The van der Waals surface area contributed by atoms with Crippen LogP contribution in [0, 0.1) is 11.3 Å². The van der Waals surface area contributed by atoms with Gasteiger partial charge in [0.2, 0.25) is 5.60 Å². The molecule has 0 saturated carbocycles. The van der Waals surface area contributed by atoms with Crippen molar-refractivity contribution in [1.29, 1.82) is 5.26 Å². The number of aromatic carboxylic acids is 1. The molecule has 39 heavy (non-hydrogen) atoms. The number of hydrogen-bond donors (Lipinski definition) is 7. The van der Waals surface area contributed by atoms with Crippen LogP contribution in [0.25, 0.3) is 5.52 Å². The Hall–Kier alpha value is -3.79. The van der Waals surface area contributed by atoms with E-state index in [1.54, 1.807) is 6.07 Å². The standard InChI is InChI=1S/C12H13N5O4.C11H13NO6/c13-4-12(10(20)9(19)7(3-18)21-12)8-2-1-6-11(14)15-5-16-17(6)8;13-5-7-8(14)9(15)10(18-7)12-3-1-2-6(4-12)11(16)17/h1-2,5,7,9-10,18-20H,3H2,(H2,14,15,16);1-4,7-10,13-15H,5H2/t7-,9-,10-,12+;7-,8-,9-,10-/m11/s1. The zero-order valence-corrected chi connectivity index (χ0v) is 20.1. The van der Waals surface area contributed by atoms with E-state index in [4.69, 9.17) is 20.3 Å². The first-order chi connectivity index (χ1) is 18.6. The predicted octanol–water partition coefficient (Wildman–Crippen LogP) is -4.91. The highest BCUT2D eigenvalue weighted by atomic mass is 16.6. The Bertz CT molecular complexity index is 1380. The molecule has 8 atom stereocenters. The quantitative estimate of drug-likeness (QED) is 0.148. The van der Waals surface area contributed by atoms with Gasteiger partial charge >= 0.3 is 0 Å². The lowest BCUT2D eigenvalue weighted by Crippen LogP contribution is -2.46. The molecule has 0 amide bonds. The maximum Gasteiger partial charge on any atom is 0.292 e. The summed E-state index contributed by atoms with van der Waals surface area (Å²) in [6, 6.07) is 7.76. The van der Waals surface area contributed by atoms with Crippen molar-refractivity contribution < 1.29 is 54.6 Å². The minimum atomic E-state index is -1.85. The lowest BCUT2D eigenvalue weighted by Gasteiger charge is -2.24. The normalized spacial score (nSPS) is 32.0. The first kappa shape index (κ1) is 28.2. The zero-order valence-electron chi connectivity index (χ0n) is 20.1. The molecular weight excluding hydrogens is 520 g/mol. The summed E-state index contributed by atoms with van der Waals surface area (Å²) in [6.45, 7) is -0.961. The molecule has 2 saturated heterocycles. The highest BCUT2D eigenvalue weighted by Crippen LogP contribution is 2.40. The van der Waals surface area contributed by atoms with Gasteiger partial charge in [-0.25, -0.2) is 9.50 Å². The summed E-state index contributed by atoms with van der Waals surface area (Å²) in [5, 5.41) is 81.8. The monoisotopic (exact) mass is 546 g/mol. The third kappa shape index (κ3) is 4.89. The van der Waals surface area contributed by atoms with Crippen LogP contribution < -0.4 is 15.4 Å². The fraction of sp³-hybridized carbons (Fsp3) is 0.435. The van der Waals surface area contributed by atoms with E-state index in [0.29, 0.717) is 5.52 Å². The number of aromatic nitrogens is 4. The number of hydrogen-bond acceptors (Lipinski definition) is 14. The molecule has 0 unspecified atom stereocenters.